The summed E-state index contributed by atoms with van der Waals surface area (Å²) < 4.78 is 12.7. The van der Waals surface area contributed by atoms with Crippen LogP contribution >= 0.6 is 23.4 Å². The molecule has 1 saturated heterocycles. The van der Waals surface area contributed by atoms with Crippen LogP contribution in [0.1, 0.15) is 34.7 Å². The number of fused-ring (bicyclic) bond motifs is 4. The largest absolute Gasteiger partial charge is 0.488 e. The first-order chi connectivity index (χ1) is 20.9. The van der Waals surface area contributed by atoms with E-state index >= 15 is 0 Å². The first-order valence-electron chi connectivity index (χ1n) is 13.5. The minimum atomic E-state index is -1.47. The number of rotatable bonds is 6. The average Bonchev–Trinajstić information content (AvgIpc) is 3.60. The highest BCUT2D eigenvalue weighted by molar-refractivity contribution is 8.17. The molecule has 3 aliphatic heterocycles. The number of hydrogen-bond acceptors (Lipinski definition) is 8. The molecular weight excluding hydrogens is 588 g/mol. The third-order valence-corrected chi connectivity index (χ3v) is 8.79. The minimum Gasteiger partial charge on any atom is -0.488 e. The van der Waals surface area contributed by atoms with Crippen LogP contribution in [0.4, 0.5) is 10.5 Å². The number of non-ortho nitro benzene ring substituents is 1. The number of carbonyl (C=O) groups is 1. The van der Waals surface area contributed by atoms with E-state index in [-0.39, 0.29) is 23.6 Å². The van der Waals surface area contributed by atoms with Gasteiger partial charge in [0.15, 0.2) is 0 Å². The van der Waals surface area contributed by atoms with Crippen molar-refractivity contribution in [1.29, 1.82) is 0 Å². The van der Waals surface area contributed by atoms with Gasteiger partial charge in [0.2, 0.25) is 0 Å². The van der Waals surface area contributed by atoms with E-state index in [2.05, 4.69) is 5.32 Å². The van der Waals surface area contributed by atoms with Crippen molar-refractivity contribution in [1.82, 2.24) is 10.3 Å². The lowest BCUT2D eigenvalue weighted by atomic mass is 9.95. The Bertz CT molecular complexity index is 1830. The Morgan fingerprint density at radius 3 is 2.67 bits per heavy atom. The molecule has 4 aromatic carbocycles. The summed E-state index contributed by atoms with van der Waals surface area (Å²) in [5.41, 5.74) is 3.83. The Labute approximate surface area is 255 Å². The number of nitrogens with zero attached hydrogens (tertiary/aromatic N) is 3. The van der Waals surface area contributed by atoms with E-state index in [0.717, 1.165) is 34.2 Å². The molecule has 0 bridgehead atoms. The lowest BCUT2D eigenvalue weighted by molar-refractivity contribution is -0.384. The number of nitro groups is 1. The molecule has 0 aromatic heterocycles. The van der Waals surface area contributed by atoms with E-state index in [1.165, 1.54) is 12.1 Å². The van der Waals surface area contributed by atoms with E-state index in [4.69, 9.17) is 26.2 Å². The fourth-order valence-electron chi connectivity index (χ4n) is 5.48. The molecule has 1 fully saturated rings. The highest BCUT2D eigenvalue weighted by Crippen LogP contribution is 2.53. The summed E-state index contributed by atoms with van der Waals surface area (Å²) in [5.74, 6) is -0.464. The Hall–Kier alpha value is -4.80. The molecule has 9 nitrogen and oxygen atoms in total. The highest BCUT2D eigenvalue weighted by atomic mass is 35.5. The smallest absolute Gasteiger partial charge is 0.314 e. The fourth-order valence-corrected chi connectivity index (χ4v) is 6.57. The molecule has 0 aliphatic carbocycles. The second kappa shape index (κ2) is 10.8. The molecule has 1 amide bonds. The molecule has 1 spiro atoms. The quantitative estimate of drug-likeness (QED) is 0.178. The maximum absolute atomic E-state index is 13.1. The monoisotopic (exact) mass is 610 g/mol. The Morgan fingerprint density at radius 2 is 1.86 bits per heavy atom. The van der Waals surface area contributed by atoms with E-state index in [9.17, 15) is 14.9 Å². The summed E-state index contributed by atoms with van der Waals surface area (Å²) in [6.45, 7) is 0.145. The number of thioether (sulfide) groups is 1. The lowest BCUT2D eigenvalue weighted by Crippen LogP contribution is -2.61. The predicted molar refractivity (Wildman–Crippen MR) is 165 cm³/mol. The van der Waals surface area contributed by atoms with Gasteiger partial charge in [-0.3, -0.25) is 20.2 Å². The summed E-state index contributed by atoms with van der Waals surface area (Å²) in [6.07, 6.45) is 2.29. The van der Waals surface area contributed by atoms with Crippen LogP contribution in [-0.2, 0) is 6.61 Å². The first-order valence-corrected chi connectivity index (χ1v) is 14.7. The molecule has 4 aromatic rings. The number of nitro benzene ring substituents is 1. The number of hydrazone groups is 1. The van der Waals surface area contributed by atoms with Gasteiger partial charge in [-0.25, -0.2) is 5.01 Å². The standard InChI is InChI=1S/C32H23ClN4O5S/c33-25-12-6-4-10-21(25)19-41-28-15-14-23(37(39)40)16-22(28)17-30-32(34-31(38)43-30)36-27(24-11-5-7-13-29(24)42-32)18-26(35-36)20-8-2-1-3-9-20/h1-17,27H,18-19H2,(H,34,38)/b30-17-. The predicted octanol–water partition coefficient (Wildman–Crippen LogP) is 7.52. The van der Waals surface area contributed by atoms with Gasteiger partial charge in [-0.2, -0.15) is 5.10 Å². The Kier molecular flexibility index (Phi) is 6.79. The molecule has 3 aliphatic rings. The van der Waals surface area contributed by atoms with Crippen LogP contribution in [0.3, 0.4) is 0 Å². The van der Waals surface area contributed by atoms with Crippen LogP contribution in [0.5, 0.6) is 11.5 Å². The van der Waals surface area contributed by atoms with Gasteiger partial charge in [-0.15, -0.1) is 0 Å². The molecule has 0 radical (unpaired) electrons. The van der Waals surface area contributed by atoms with E-state index < -0.39 is 10.8 Å². The SMILES string of the molecule is O=C1NC2(Oc3ccccc3C3CC(c4ccccc4)=NN32)/C(=C/c2cc([N+](=O)[O-])ccc2OCc2ccccc2Cl)S1. The molecule has 214 valence electrons. The van der Waals surface area contributed by atoms with Gasteiger partial charge >= 0.3 is 5.85 Å². The summed E-state index contributed by atoms with van der Waals surface area (Å²) in [7, 11) is 0. The van der Waals surface area contributed by atoms with Gasteiger partial charge in [0.05, 0.1) is 21.6 Å². The molecule has 0 saturated carbocycles. The van der Waals surface area contributed by atoms with Crippen LogP contribution in [0, 0.1) is 10.1 Å². The zero-order chi connectivity index (χ0) is 29.6. The van der Waals surface area contributed by atoms with E-state index in [0.29, 0.717) is 33.4 Å². The van der Waals surface area contributed by atoms with Crippen molar-refractivity contribution >= 4 is 46.1 Å². The summed E-state index contributed by atoms with van der Waals surface area (Å²) in [4.78, 5) is 24.8. The van der Waals surface area contributed by atoms with Crippen molar-refractivity contribution in [3.8, 4) is 11.5 Å². The van der Waals surface area contributed by atoms with E-state index in [1.807, 2.05) is 72.8 Å². The second-order valence-corrected chi connectivity index (χ2v) is 11.6. The fraction of sp³-hybridized carbons (Fsp3) is 0.125. The normalized spacial score (nSPS) is 21.2. The molecule has 3 heterocycles. The topological polar surface area (TPSA) is 106 Å². The summed E-state index contributed by atoms with van der Waals surface area (Å²) >= 11 is 7.29. The molecule has 2 unspecified atom stereocenters. The summed E-state index contributed by atoms with van der Waals surface area (Å²) in [6, 6.07) is 29.0. The molecule has 1 N–H and O–H groups in total. The van der Waals surface area contributed by atoms with Gasteiger partial charge in [0, 0.05) is 40.3 Å². The molecule has 2 atom stereocenters. The third-order valence-electron chi connectivity index (χ3n) is 7.52. The molecule has 43 heavy (non-hydrogen) atoms. The van der Waals surface area contributed by atoms with Gasteiger partial charge in [0.1, 0.15) is 18.1 Å². The maximum Gasteiger partial charge on any atom is 0.314 e. The van der Waals surface area contributed by atoms with Crippen molar-refractivity contribution < 1.29 is 19.2 Å². The van der Waals surface area contributed by atoms with Crippen LogP contribution < -0.4 is 14.8 Å². The number of benzene rings is 4. The van der Waals surface area contributed by atoms with Gasteiger partial charge in [0.25, 0.3) is 10.9 Å². The van der Waals surface area contributed by atoms with Gasteiger partial charge in [-0.1, -0.05) is 78.3 Å². The maximum atomic E-state index is 13.1. The van der Waals surface area contributed by atoms with Crippen molar-refractivity contribution in [3.63, 3.8) is 0 Å². The number of ether oxygens (including phenoxy) is 2. The zero-order valence-electron chi connectivity index (χ0n) is 22.5. The third kappa shape index (κ3) is 4.88. The Balaban J connectivity index is 1.34. The number of carbonyl (C=O) groups excluding carboxylic acids is 1. The van der Waals surface area contributed by atoms with Crippen LogP contribution in [0.15, 0.2) is 107 Å². The van der Waals surface area contributed by atoms with Crippen molar-refractivity contribution in [2.24, 2.45) is 5.10 Å². The van der Waals surface area contributed by atoms with Gasteiger partial charge < -0.3 is 9.47 Å². The van der Waals surface area contributed by atoms with Crippen LogP contribution in [0.25, 0.3) is 6.08 Å². The Morgan fingerprint density at radius 1 is 1.09 bits per heavy atom. The van der Waals surface area contributed by atoms with Crippen molar-refractivity contribution in [3.05, 3.63) is 139 Å². The number of para-hydroxylation sites is 1. The highest BCUT2D eigenvalue weighted by Gasteiger charge is 2.58. The molecule has 11 heteroatoms. The zero-order valence-corrected chi connectivity index (χ0v) is 24.0. The number of hydrogen-bond donors (Lipinski definition) is 1. The molecule has 7 rings (SSSR count). The van der Waals surface area contributed by atoms with Crippen LogP contribution in [-0.4, -0.2) is 26.7 Å². The number of nitrogens with one attached hydrogen (secondary N) is 1. The van der Waals surface area contributed by atoms with E-state index in [1.54, 1.807) is 23.2 Å². The number of amides is 1. The summed E-state index contributed by atoms with van der Waals surface area (Å²) in [5, 5.41) is 21.7. The minimum absolute atomic E-state index is 0.119. The lowest BCUT2D eigenvalue weighted by Gasteiger charge is -2.45. The van der Waals surface area contributed by atoms with Gasteiger partial charge in [-0.05, 0) is 41.6 Å². The first kappa shape index (κ1) is 27.1. The molecular formula is C32H23ClN4O5S. The average molecular weight is 611 g/mol. The van der Waals surface area contributed by atoms with Crippen molar-refractivity contribution in [2.75, 3.05) is 0 Å². The number of halogens is 1. The van der Waals surface area contributed by atoms with Crippen molar-refractivity contribution in [2.45, 2.75) is 24.9 Å². The van der Waals surface area contributed by atoms with Crippen LogP contribution in [0.2, 0.25) is 5.02 Å². The second-order valence-electron chi connectivity index (χ2n) is 10.1.